The smallest absolute Gasteiger partial charge is 0.308 e. The highest BCUT2D eigenvalue weighted by atomic mass is 28.4. The molecule has 0 aromatic heterocycles. The van der Waals surface area contributed by atoms with E-state index < -0.39 is 8.32 Å². The Morgan fingerprint density at radius 1 is 0.540 bits per heavy atom. The second kappa shape index (κ2) is 31.9. The minimum atomic E-state index is -1.74. The van der Waals surface area contributed by atoms with E-state index in [4.69, 9.17) is 13.9 Å². The number of rotatable bonds is 40. The zero-order valence-corrected chi connectivity index (χ0v) is 45.3. The first kappa shape index (κ1) is 58.2. The van der Waals surface area contributed by atoms with Crippen molar-refractivity contribution < 1.29 is 23.5 Å². The number of esters is 2. The molecule has 2 aliphatic carbocycles. The van der Waals surface area contributed by atoms with E-state index >= 15 is 0 Å². The maximum atomic E-state index is 13.3. The van der Waals surface area contributed by atoms with E-state index in [-0.39, 0.29) is 39.6 Å². The van der Waals surface area contributed by atoms with Gasteiger partial charge in [-0.25, -0.2) is 0 Å². The molecule has 6 nitrogen and oxygen atoms in total. The standard InChI is InChI=1S/C56H109NO5Si/c1-12-14-16-18-20-22-36-50(44-48-32-30-33-48)52(58)60-41-27-24-38-55(6,7)46-57(40-26-29-43-62-63(10,11)54(3,4)5)47-56(8,9)39-25-28-42-61-53(59)51(45-49-34-31-35-49)37-23-21-19-17-15-13-2/h48-51H,12-47H2,1-11H3. The fourth-order valence-electron chi connectivity index (χ4n) is 9.82. The van der Waals surface area contributed by atoms with Crippen LogP contribution in [0, 0.1) is 34.5 Å². The average molecular weight is 905 g/mol. The quantitative estimate of drug-likeness (QED) is 0.0347. The summed E-state index contributed by atoms with van der Waals surface area (Å²) in [5.74, 6) is 1.84. The van der Waals surface area contributed by atoms with Crippen LogP contribution in [0.2, 0.25) is 18.1 Å². The number of hydrogen-bond acceptors (Lipinski definition) is 6. The molecule has 2 rings (SSSR count). The molecule has 0 aromatic rings. The summed E-state index contributed by atoms with van der Waals surface area (Å²) >= 11 is 0. The van der Waals surface area contributed by atoms with E-state index in [1.807, 2.05) is 0 Å². The van der Waals surface area contributed by atoms with Gasteiger partial charge in [0.1, 0.15) is 0 Å². The van der Waals surface area contributed by atoms with E-state index in [9.17, 15) is 9.59 Å². The van der Waals surface area contributed by atoms with Crippen molar-refractivity contribution in [2.45, 2.75) is 273 Å². The summed E-state index contributed by atoms with van der Waals surface area (Å²) < 4.78 is 18.6. The summed E-state index contributed by atoms with van der Waals surface area (Å²) in [7, 11) is -1.74. The van der Waals surface area contributed by atoms with Crippen LogP contribution in [0.25, 0.3) is 0 Å². The summed E-state index contributed by atoms with van der Waals surface area (Å²) in [6, 6.07) is 0. The van der Waals surface area contributed by atoms with Gasteiger partial charge in [-0.05, 0) is 124 Å². The van der Waals surface area contributed by atoms with Gasteiger partial charge in [-0.15, -0.1) is 0 Å². The molecule has 0 spiro atoms. The van der Waals surface area contributed by atoms with Gasteiger partial charge >= 0.3 is 11.9 Å². The van der Waals surface area contributed by atoms with Crippen molar-refractivity contribution in [1.82, 2.24) is 4.90 Å². The number of carbonyl (C=O) groups is 2. The number of unbranched alkanes of at least 4 members (excludes halogenated alkanes) is 13. The summed E-state index contributed by atoms with van der Waals surface area (Å²) in [6.07, 6.45) is 35.8. The van der Waals surface area contributed by atoms with Gasteiger partial charge in [0.25, 0.3) is 0 Å². The van der Waals surface area contributed by atoms with Crippen molar-refractivity contribution in [2.24, 2.45) is 34.5 Å². The molecule has 0 saturated heterocycles. The van der Waals surface area contributed by atoms with Crippen molar-refractivity contribution in [3.63, 3.8) is 0 Å². The number of nitrogens with zero attached hydrogens (tertiary/aromatic N) is 1. The second-order valence-corrected chi connectivity index (χ2v) is 29.0. The third-order valence-corrected chi connectivity index (χ3v) is 20.1. The van der Waals surface area contributed by atoms with Crippen LogP contribution in [0.4, 0.5) is 0 Å². The zero-order chi connectivity index (χ0) is 46.6. The third-order valence-electron chi connectivity index (χ3n) is 15.6. The molecule has 0 radical (unpaired) electrons. The lowest BCUT2D eigenvalue weighted by molar-refractivity contribution is -0.150. The highest BCUT2D eigenvalue weighted by molar-refractivity contribution is 6.74. The third kappa shape index (κ3) is 26.9. The topological polar surface area (TPSA) is 65.1 Å². The van der Waals surface area contributed by atoms with Crippen LogP contribution in [0.3, 0.4) is 0 Å². The van der Waals surface area contributed by atoms with Crippen LogP contribution < -0.4 is 0 Å². The maximum absolute atomic E-state index is 13.3. The van der Waals surface area contributed by atoms with Gasteiger partial charge in [-0.2, -0.15) is 0 Å². The summed E-state index contributed by atoms with van der Waals surface area (Å²) in [5.41, 5.74) is 0.337. The predicted molar refractivity (Wildman–Crippen MR) is 273 cm³/mol. The minimum Gasteiger partial charge on any atom is -0.465 e. The van der Waals surface area contributed by atoms with Gasteiger partial charge in [-0.3, -0.25) is 9.59 Å². The Bertz CT molecular complexity index is 1100. The molecule has 2 unspecified atom stereocenters. The molecule has 0 aromatic carbocycles. The Balaban J connectivity index is 1.87. The highest BCUT2D eigenvalue weighted by Gasteiger charge is 2.37. The van der Waals surface area contributed by atoms with E-state index in [2.05, 4.69) is 80.3 Å². The number of ether oxygens (including phenoxy) is 2. The summed E-state index contributed by atoms with van der Waals surface area (Å²) in [6.45, 7) is 31.2. The normalized spacial score (nSPS) is 16.5. The van der Waals surface area contributed by atoms with E-state index in [1.54, 1.807) is 0 Å². The highest BCUT2D eigenvalue weighted by Crippen LogP contribution is 2.38. The molecule has 372 valence electrons. The Morgan fingerprint density at radius 3 is 1.32 bits per heavy atom. The molecular weight excluding hydrogens is 795 g/mol. The number of hydrogen-bond donors (Lipinski definition) is 0. The van der Waals surface area contributed by atoms with E-state index in [1.165, 1.54) is 103 Å². The van der Waals surface area contributed by atoms with E-state index in [0.717, 1.165) is 128 Å². The first-order valence-electron chi connectivity index (χ1n) is 27.6. The van der Waals surface area contributed by atoms with Gasteiger partial charge in [-0.1, -0.05) is 178 Å². The molecule has 0 amide bonds. The van der Waals surface area contributed by atoms with Gasteiger partial charge in [0.15, 0.2) is 8.32 Å². The summed E-state index contributed by atoms with van der Waals surface area (Å²) in [5, 5.41) is 0.236. The van der Waals surface area contributed by atoms with Crippen molar-refractivity contribution in [1.29, 1.82) is 0 Å². The van der Waals surface area contributed by atoms with Crippen LogP contribution in [-0.2, 0) is 23.5 Å². The molecule has 0 heterocycles. The average Bonchev–Trinajstić information content (AvgIpc) is 3.16. The van der Waals surface area contributed by atoms with Crippen LogP contribution >= 0.6 is 0 Å². The molecular formula is C56H109NO5Si. The van der Waals surface area contributed by atoms with Crippen LogP contribution in [-0.4, -0.2) is 64.6 Å². The Labute approximate surface area is 394 Å². The molecule has 2 saturated carbocycles. The molecule has 63 heavy (non-hydrogen) atoms. The van der Waals surface area contributed by atoms with E-state index in [0.29, 0.717) is 13.2 Å². The monoisotopic (exact) mass is 904 g/mol. The van der Waals surface area contributed by atoms with Crippen molar-refractivity contribution in [3.8, 4) is 0 Å². The lowest BCUT2D eigenvalue weighted by Crippen LogP contribution is -2.42. The first-order valence-corrected chi connectivity index (χ1v) is 30.5. The fraction of sp³-hybridized carbons (Fsp3) is 0.964. The minimum absolute atomic E-state index is 0.0791. The van der Waals surface area contributed by atoms with Crippen LogP contribution in [0.1, 0.15) is 255 Å². The largest absolute Gasteiger partial charge is 0.465 e. The molecule has 7 heteroatoms. The van der Waals surface area contributed by atoms with Gasteiger partial charge in [0, 0.05) is 19.7 Å². The first-order chi connectivity index (χ1) is 29.9. The molecule has 0 bridgehead atoms. The molecule has 2 aliphatic rings. The Hall–Kier alpha value is -0.923. The lowest BCUT2D eigenvalue weighted by atomic mass is 9.78. The van der Waals surface area contributed by atoms with Gasteiger partial charge in [0.2, 0.25) is 0 Å². The molecule has 0 N–H and O–H groups in total. The van der Waals surface area contributed by atoms with Gasteiger partial charge in [0.05, 0.1) is 25.0 Å². The van der Waals surface area contributed by atoms with Gasteiger partial charge < -0.3 is 18.8 Å². The second-order valence-electron chi connectivity index (χ2n) is 24.2. The van der Waals surface area contributed by atoms with Crippen molar-refractivity contribution in [3.05, 3.63) is 0 Å². The SMILES string of the molecule is CCCCCCCCC(CC1CCC1)C(=O)OCCCCC(C)(C)CN(CCCCO[Si](C)(C)C(C)(C)C)CC(C)(C)CCCCOC(=O)C(CCCCCCCC)CC1CCC1. The molecule has 2 atom stereocenters. The molecule has 2 fully saturated rings. The van der Waals surface area contributed by atoms with Crippen LogP contribution in [0.15, 0.2) is 0 Å². The van der Waals surface area contributed by atoms with Crippen molar-refractivity contribution in [2.75, 3.05) is 39.5 Å². The van der Waals surface area contributed by atoms with Crippen LogP contribution in [0.5, 0.6) is 0 Å². The predicted octanol–water partition coefficient (Wildman–Crippen LogP) is 16.7. The zero-order valence-electron chi connectivity index (χ0n) is 44.3. The fourth-order valence-corrected chi connectivity index (χ4v) is 10.9. The number of carbonyl (C=O) groups excluding carboxylic acids is 2. The maximum Gasteiger partial charge on any atom is 0.308 e. The Kier molecular flexibility index (Phi) is 29.5. The molecule has 0 aliphatic heterocycles. The van der Waals surface area contributed by atoms with Crippen molar-refractivity contribution >= 4 is 20.3 Å². The Morgan fingerprint density at radius 2 is 0.937 bits per heavy atom. The lowest BCUT2D eigenvalue weighted by Gasteiger charge is -2.38. The summed E-state index contributed by atoms with van der Waals surface area (Å²) in [4.78, 5) is 29.3.